The molecule has 1 unspecified atom stereocenters. The number of amides is 2. The molecule has 2 rings (SSSR count). The van der Waals surface area contributed by atoms with Crippen molar-refractivity contribution in [1.82, 2.24) is 4.90 Å². The summed E-state index contributed by atoms with van der Waals surface area (Å²) in [6.45, 7) is 6.21. The van der Waals surface area contributed by atoms with Crippen LogP contribution in [-0.2, 0) is 4.79 Å². The van der Waals surface area contributed by atoms with Crippen molar-refractivity contribution < 1.29 is 19.1 Å². The molecule has 1 aromatic rings. The first kappa shape index (κ1) is 17.4. The minimum Gasteiger partial charge on any atom is -0.493 e. The number of imide groups is 1. The molecule has 0 spiro atoms. The lowest BCUT2D eigenvalue weighted by Crippen LogP contribution is -2.27. The van der Waals surface area contributed by atoms with E-state index in [-0.39, 0.29) is 17.3 Å². The van der Waals surface area contributed by atoms with Crippen molar-refractivity contribution in [3.63, 3.8) is 0 Å². The summed E-state index contributed by atoms with van der Waals surface area (Å²) >= 11 is 0.960. The molecule has 5 nitrogen and oxygen atoms in total. The molecular weight excluding hydrogens is 314 g/mol. The van der Waals surface area contributed by atoms with Gasteiger partial charge in [-0.05, 0) is 55.8 Å². The zero-order chi connectivity index (χ0) is 17.0. The fourth-order valence-corrected chi connectivity index (χ4v) is 3.00. The van der Waals surface area contributed by atoms with Gasteiger partial charge in [0.25, 0.3) is 11.1 Å². The van der Waals surface area contributed by atoms with Gasteiger partial charge in [-0.25, -0.2) is 0 Å². The fourth-order valence-electron chi connectivity index (χ4n) is 2.10. The maximum absolute atomic E-state index is 12.1. The molecule has 0 bridgehead atoms. The number of methoxy groups -OCH3 is 1. The number of hydrogen-bond acceptors (Lipinski definition) is 5. The van der Waals surface area contributed by atoms with E-state index in [4.69, 9.17) is 9.47 Å². The predicted octanol–water partition coefficient (Wildman–Crippen LogP) is 3.93. The van der Waals surface area contributed by atoms with Gasteiger partial charge in [0.2, 0.25) is 0 Å². The Kier molecular flexibility index (Phi) is 5.71. The highest BCUT2D eigenvalue weighted by Crippen LogP contribution is 2.34. The van der Waals surface area contributed by atoms with Crippen LogP contribution in [0.25, 0.3) is 6.08 Å². The topological polar surface area (TPSA) is 55.8 Å². The van der Waals surface area contributed by atoms with Crippen LogP contribution in [0, 0.1) is 0 Å². The lowest BCUT2D eigenvalue weighted by Gasteiger charge is -2.15. The van der Waals surface area contributed by atoms with Crippen LogP contribution in [-0.4, -0.2) is 35.8 Å². The van der Waals surface area contributed by atoms with Crippen molar-refractivity contribution in [3.8, 4) is 11.5 Å². The van der Waals surface area contributed by atoms with Crippen molar-refractivity contribution in [1.29, 1.82) is 0 Å². The average Bonchev–Trinajstić information content (AvgIpc) is 2.81. The van der Waals surface area contributed by atoms with Crippen molar-refractivity contribution in [3.05, 3.63) is 28.7 Å². The first-order chi connectivity index (χ1) is 11.0. The van der Waals surface area contributed by atoms with Gasteiger partial charge in [0.1, 0.15) is 0 Å². The van der Waals surface area contributed by atoms with E-state index in [0.29, 0.717) is 22.9 Å². The summed E-state index contributed by atoms with van der Waals surface area (Å²) in [5, 5.41) is -0.229. The second-order valence-electron chi connectivity index (χ2n) is 5.17. The molecule has 0 N–H and O–H groups in total. The number of carbonyl (C=O) groups excluding carboxylic acids is 2. The second kappa shape index (κ2) is 7.55. The second-order valence-corrected chi connectivity index (χ2v) is 6.17. The number of hydrogen-bond donors (Lipinski definition) is 0. The van der Waals surface area contributed by atoms with Crippen molar-refractivity contribution >= 4 is 29.0 Å². The van der Waals surface area contributed by atoms with Gasteiger partial charge in [0.05, 0.1) is 18.1 Å². The van der Waals surface area contributed by atoms with Gasteiger partial charge in [-0.15, -0.1) is 0 Å². The lowest BCUT2D eigenvalue weighted by atomic mass is 10.1. The van der Waals surface area contributed by atoms with Crippen LogP contribution in [0.1, 0.15) is 32.8 Å². The third kappa shape index (κ3) is 3.88. The van der Waals surface area contributed by atoms with E-state index in [9.17, 15) is 9.59 Å². The number of benzene rings is 1. The quantitative estimate of drug-likeness (QED) is 0.737. The molecule has 0 aromatic heterocycles. The van der Waals surface area contributed by atoms with Gasteiger partial charge in [0, 0.05) is 6.54 Å². The van der Waals surface area contributed by atoms with Gasteiger partial charge in [-0.2, -0.15) is 0 Å². The molecule has 2 amide bonds. The monoisotopic (exact) mass is 335 g/mol. The smallest absolute Gasteiger partial charge is 0.293 e. The predicted molar refractivity (Wildman–Crippen MR) is 91.7 cm³/mol. The summed E-state index contributed by atoms with van der Waals surface area (Å²) in [7, 11) is 1.58. The zero-order valence-electron chi connectivity index (χ0n) is 13.8. The van der Waals surface area contributed by atoms with Crippen LogP contribution in [0.2, 0.25) is 0 Å². The molecule has 0 aliphatic carbocycles. The Morgan fingerprint density at radius 1 is 1.26 bits per heavy atom. The number of rotatable bonds is 6. The fraction of sp³-hybridized carbons (Fsp3) is 0.412. The SMILES string of the molecule is CCC(C)Oc1ccc(/C=C2/SC(=O)N(CC)C2=O)cc1OC. The van der Waals surface area contributed by atoms with Gasteiger partial charge < -0.3 is 9.47 Å². The highest BCUT2D eigenvalue weighted by atomic mass is 32.2. The van der Waals surface area contributed by atoms with E-state index < -0.39 is 0 Å². The van der Waals surface area contributed by atoms with Gasteiger partial charge >= 0.3 is 0 Å². The molecule has 1 aliphatic rings. The van der Waals surface area contributed by atoms with Crippen LogP contribution in [0.5, 0.6) is 11.5 Å². The van der Waals surface area contributed by atoms with E-state index in [1.807, 2.05) is 19.1 Å². The van der Waals surface area contributed by atoms with Crippen LogP contribution < -0.4 is 9.47 Å². The van der Waals surface area contributed by atoms with Crippen LogP contribution in [0.15, 0.2) is 23.1 Å². The first-order valence-electron chi connectivity index (χ1n) is 7.60. The molecule has 1 fully saturated rings. The Hall–Kier alpha value is -1.95. The molecule has 1 saturated heterocycles. The third-order valence-electron chi connectivity index (χ3n) is 3.58. The molecular formula is C17H21NO4S. The molecule has 1 aliphatic heterocycles. The van der Waals surface area contributed by atoms with Crippen LogP contribution in [0.3, 0.4) is 0 Å². The van der Waals surface area contributed by atoms with E-state index in [2.05, 4.69) is 6.92 Å². The Labute approximate surface area is 140 Å². The Morgan fingerprint density at radius 2 is 2.00 bits per heavy atom. The molecule has 6 heteroatoms. The summed E-state index contributed by atoms with van der Waals surface area (Å²) in [6.07, 6.45) is 2.70. The Balaban J connectivity index is 2.26. The third-order valence-corrected chi connectivity index (χ3v) is 4.49. The average molecular weight is 335 g/mol. The molecule has 124 valence electrons. The summed E-state index contributed by atoms with van der Waals surface area (Å²) in [6, 6.07) is 5.47. The largest absolute Gasteiger partial charge is 0.493 e. The minimum atomic E-state index is -0.249. The maximum Gasteiger partial charge on any atom is 0.293 e. The van der Waals surface area contributed by atoms with E-state index in [1.54, 1.807) is 26.2 Å². The van der Waals surface area contributed by atoms with Crippen molar-refractivity contribution in [2.75, 3.05) is 13.7 Å². The van der Waals surface area contributed by atoms with Gasteiger partial charge in [-0.3, -0.25) is 14.5 Å². The number of carbonyl (C=O) groups is 2. The molecule has 0 saturated carbocycles. The molecule has 1 aromatic carbocycles. The number of nitrogens with zero attached hydrogens (tertiary/aromatic N) is 1. The first-order valence-corrected chi connectivity index (χ1v) is 8.41. The van der Waals surface area contributed by atoms with Crippen molar-refractivity contribution in [2.24, 2.45) is 0 Å². The maximum atomic E-state index is 12.1. The molecule has 0 radical (unpaired) electrons. The van der Waals surface area contributed by atoms with Crippen molar-refractivity contribution in [2.45, 2.75) is 33.3 Å². The normalized spacial score (nSPS) is 17.7. The van der Waals surface area contributed by atoms with E-state index >= 15 is 0 Å². The van der Waals surface area contributed by atoms with E-state index in [1.165, 1.54) is 4.90 Å². The highest BCUT2D eigenvalue weighted by Gasteiger charge is 2.33. The van der Waals surface area contributed by atoms with Gasteiger partial charge in [-0.1, -0.05) is 13.0 Å². The minimum absolute atomic E-state index is 0.0933. The number of thioether (sulfide) groups is 1. The molecule has 23 heavy (non-hydrogen) atoms. The molecule has 1 atom stereocenters. The summed E-state index contributed by atoms with van der Waals surface area (Å²) < 4.78 is 11.2. The highest BCUT2D eigenvalue weighted by molar-refractivity contribution is 8.18. The lowest BCUT2D eigenvalue weighted by molar-refractivity contribution is -0.122. The molecule has 1 heterocycles. The van der Waals surface area contributed by atoms with E-state index in [0.717, 1.165) is 23.7 Å². The zero-order valence-corrected chi connectivity index (χ0v) is 14.6. The Morgan fingerprint density at radius 3 is 2.57 bits per heavy atom. The Bertz CT molecular complexity index is 641. The van der Waals surface area contributed by atoms with Gasteiger partial charge in [0.15, 0.2) is 11.5 Å². The van der Waals surface area contributed by atoms with Crippen LogP contribution >= 0.6 is 11.8 Å². The summed E-state index contributed by atoms with van der Waals surface area (Å²) in [4.78, 5) is 25.5. The number of likely N-dealkylation sites (N-methyl/N-ethyl adjacent to an activating group) is 1. The summed E-state index contributed by atoms with van der Waals surface area (Å²) in [5.41, 5.74) is 0.792. The van der Waals surface area contributed by atoms with Crippen LogP contribution in [0.4, 0.5) is 4.79 Å². The summed E-state index contributed by atoms with van der Waals surface area (Å²) in [5.74, 6) is 1.02. The standard InChI is InChI=1S/C17H21NO4S/c1-5-11(3)22-13-8-7-12(9-14(13)21-4)10-15-16(19)18(6-2)17(20)23-15/h7-11H,5-6H2,1-4H3/b15-10+. The number of ether oxygens (including phenoxy) is 2.